The molecule has 4 aromatic rings. The molecule has 0 radical (unpaired) electrons. The van der Waals surface area contributed by atoms with E-state index in [-0.39, 0.29) is 23.4 Å². The van der Waals surface area contributed by atoms with Gasteiger partial charge in [0, 0.05) is 30.3 Å². The van der Waals surface area contributed by atoms with Crippen molar-refractivity contribution >= 4 is 17.1 Å². The van der Waals surface area contributed by atoms with Crippen molar-refractivity contribution in [3.05, 3.63) is 76.9 Å². The lowest BCUT2D eigenvalue weighted by atomic mass is 9.84. The lowest BCUT2D eigenvalue weighted by Crippen LogP contribution is -2.43. The van der Waals surface area contributed by atoms with E-state index in [0.717, 1.165) is 35.7 Å². The molecule has 39 heavy (non-hydrogen) atoms. The van der Waals surface area contributed by atoms with Crippen molar-refractivity contribution in [1.29, 1.82) is 5.41 Å². The summed E-state index contributed by atoms with van der Waals surface area (Å²) >= 11 is 0. The smallest absolute Gasteiger partial charge is 0.219 e. The van der Waals surface area contributed by atoms with Gasteiger partial charge in [-0.25, -0.2) is 9.78 Å². The summed E-state index contributed by atoms with van der Waals surface area (Å²) in [7, 11) is 1.67. The molecule has 1 fully saturated rings. The number of rotatable bonds is 8. The SMILES string of the molecule is COc1c(N2CCOCC2)cc(C(=O)C[n+]2[n-]c(=N)n3nc(OCc4ccccc4)ccc32)cc1C(C)(C)C. The van der Waals surface area contributed by atoms with E-state index >= 15 is 0 Å². The second-order valence-corrected chi connectivity index (χ2v) is 10.5. The number of carbonyl (C=O) groups is 1. The molecule has 3 heterocycles. The summed E-state index contributed by atoms with van der Waals surface area (Å²) in [5.74, 6) is 1.03. The number of fused-ring (bicyclic) bond motifs is 1. The molecular weight excluding hydrogens is 496 g/mol. The van der Waals surface area contributed by atoms with Crippen LogP contribution in [0.25, 0.3) is 5.65 Å². The minimum Gasteiger partial charge on any atom is -0.494 e. The Balaban J connectivity index is 1.44. The van der Waals surface area contributed by atoms with Gasteiger partial charge in [0.15, 0.2) is 12.2 Å². The summed E-state index contributed by atoms with van der Waals surface area (Å²) < 4.78 is 20.1. The molecule has 0 unspecified atom stereocenters. The van der Waals surface area contributed by atoms with Gasteiger partial charge in [-0.2, -0.15) is 5.10 Å². The number of aromatic nitrogens is 4. The van der Waals surface area contributed by atoms with Crippen LogP contribution in [-0.2, 0) is 23.3 Å². The van der Waals surface area contributed by atoms with Gasteiger partial charge < -0.3 is 24.5 Å². The van der Waals surface area contributed by atoms with Crippen LogP contribution in [0.2, 0.25) is 0 Å². The van der Waals surface area contributed by atoms with Crippen LogP contribution < -0.4 is 29.8 Å². The first-order valence-electron chi connectivity index (χ1n) is 13.0. The number of benzene rings is 2. The van der Waals surface area contributed by atoms with Crippen LogP contribution in [-0.4, -0.2) is 48.8 Å². The van der Waals surface area contributed by atoms with Gasteiger partial charge in [0.05, 0.1) is 31.6 Å². The average molecular weight is 531 g/mol. The molecule has 2 aromatic carbocycles. The average Bonchev–Trinajstić information content (AvgIpc) is 3.25. The standard InChI is InChI=1S/C29H34N6O4/c1-29(2,3)22-16-21(17-23(27(22)37-4)33-12-14-38-15-13-33)24(36)18-34-26-11-10-25(31-35(26)28(30)32-34)39-19-20-8-6-5-7-9-20/h5-11,16-17,30H,12-15,18-19H2,1-4H3. The van der Waals surface area contributed by atoms with Crippen LogP contribution in [0.3, 0.4) is 0 Å². The topological polar surface area (TPSA) is 107 Å². The van der Waals surface area contributed by atoms with E-state index in [1.807, 2.05) is 42.5 Å². The third kappa shape index (κ3) is 5.65. The molecule has 1 aliphatic rings. The summed E-state index contributed by atoms with van der Waals surface area (Å²) in [4.78, 5) is 15.9. The van der Waals surface area contributed by atoms with Crippen molar-refractivity contribution in [3.8, 4) is 11.6 Å². The van der Waals surface area contributed by atoms with Gasteiger partial charge in [-0.05, 0) is 29.2 Å². The second kappa shape index (κ2) is 10.9. The van der Waals surface area contributed by atoms with Crippen molar-refractivity contribution in [2.75, 3.05) is 38.3 Å². The zero-order valence-corrected chi connectivity index (χ0v) is 22.8. The highest BCUT2D eigenvalue weighted by molar-refractivity contribution is 5.97. The number of morpholine rings is 1. The molecule has 10 nitrogen and oxygen atoms in total. The van der Waals surface area contributed by atoms with E-state index in [4.69, 9.17) is 19.6 Å². The lowest BCUT2D eigenvalue weighted by molar-refractivity contribution is -0.721. The largest absolute Gasteiger partial charge is 0.494 e. The molecule has 0 saturated carbocycles. The van der Waals surface area contributed by atoms with Gasteiger partial charge in [-0.3, -0.25) is 9.31 Å². The Hall–Kier alpha value is -4.18. The number of nitrogens with zero attached hydrogens (tertiary/aromatic N) is 5. The summed E-state index contributed by atoms with van der Waals surface area (Å²) in [5.41, 5.74) is 3.63. The molecule has 2 aromatic heterocycles. The van der Waals surface area contributed by atoms with Gasteiger partial charge in [0.1, 0.15) is 12.4 Å². The number of hydrogen-bond acceptors (Lipinski definition) is 7. The van der Waals surface area contributed by atoms with Crippen molar-refractivity contribution in [1.82, 2.24) is 14.7 Å². The fourth-order valence-electron chi connectivity index (χ4n) is 4.70. The van der Waals surface area contributed by atoms with Crippen LogP contribution in [0, 0.1) is 5.41 Å². The van der Waals surface area contributed by atoms with Crippen LogP contribution in [0.1, 0.15) is 42.3 Å². The number of anilines is 1. The van der Waals surface area contributed by atoms with E-state index in [1.54, 1.807) is 19.2 Å². The maximum atomic E-state index is 13.6. The zero-order valence-electron chi connectivity index (χ0n) is 22.8. The molecule has 0 atom stereocenters. The fourth-order valence-corrected chi connectivity index (χ4v) is 4.70. The van der Waals surface area contributed by atoms with Crippen molar-refractivity contribution in [2.24, 2.45) is 0 Å². The number of hydrogen-bond donors (Lipinski definition) is 1. The fraction of sp³-hybridized carbons (Fsp3) is 0.379. The predicted octanol–water partition coefficient (Wildman–Crippen LogP) is 2.66. The quantitative estimate of drug-likeness (QED) is 0.276. The third-order valence-corrected chi connectivity index (χ3v) is 6.75. The van der Waals surface area contributed by atoms with Gasteiger partial charge in [-0.1, -0.05) is 51.1 Å². The highest BCUT2D eigenvalue weighted by atomic mass is 16.5. The van der Waals surface area contributed by atoms with E-state index in [2.05, 4.69) is 35.9 Å². The molecule has 1 N–H and O–H groups in total. The van der Waals surface area contributed by atoms with Crippen molar-refractivity contribution in [3.63, 3.8) is 0 Å². The Morgan fingerprint density at radius 3 is 2.56 bits per heavy atom. The first-order valence-corrected chi connectivity index (χ1v) is 13.0. The number of nitrogens with one attached hydrogen (secondary N) is 1. The molecular formula is C29H34N6O4. The second-order valence-electron chi connectivity index (χ2n) is 10.5. The molecule has 204 valence electrons. The number of Topliss-reactive ketones (excluding diaryl/α,β-unsaturated/α-hetero) is 1. The lowest BCUT2D eigenvalue weighted by Gasteiger charge is -2.33. The Kier molecular flexibility index (Phi) is 7.38. The van der Waals surface area contributed by atoms with Crippen LogP contribution in [0.5, 0.6) is 11.6 Å². The number of ketones is 1. The molecule has 1 saturated heterocycles. The summed E-state index contributed by atoms with van der Waals surface area (Å²) in [6, 6.07) is 17.1. The maximum absolute atomic E-state index is 13.6. The highest BCUT2D eigenvalue weighted by Gasteiger charge is 2.27. The van der Waals surface area contributed by atoms with E-state index in [1.165, 1.54) is 9.20 Å². The zero-order chi connectivity index (χ0) is 27.6. The van der Waals surface area contributed by atoms with Crippen LogP contribution in [0.4, 0.5) is 5.69 Å². The summed E-state index contributed by atoms with van der Waals surface area (Å²) in [6.45, 7) is 9.34. The Bertz CT molecular complexity index is 1530. The highest BCUT2D eigenvalue weighted by Crippen LogP contribution is 2.40. The van der Waals surface area contributed by atoms with Crippen molar-refractivity contribution in [2.45, 2.75) is 39.3 Å². The Morgan fingerprint density at radius 1 is 1.13 bits per heavy atom. The van der Waals surface area contributed by atoms with Crippen LogP contribution in [0.15, 0.2) is 54.6 Å². The van der Waals surface area contributed by atoms with Crippen LogP contribution >= 0.6 is 0 Å². The van der Waals surface area contributed by atoms with Gasteiger partial charge >= 0.3 is 0 Å². The predicted molar refractivity (Wildman–Crippen MR) is 144 cm³/mol. The Labute approximate surface area is 227 Å². The minimum absolute atomic E-state index is 0.0350. The number of methoxy groups -OCH3 is 1. The molecule has 5 rings (SSSR count). The third-order valence-electron chi connectivity index (χ3n) is 6.75. The molecule has 0 spiro atoms. The maximum Gasteiger partial charge on any atom is 0.219 e. The van der Waals surface area contributed by atoms with Gasteiger partial charge in [0.2, 0.25) is 11.7 Å². The normalized spacial score (nSPS) is 14.0. The van der Waals surface area contributed by atoms with Gasteiger partial charge in [-0.15, -0.1) is 0 Å². The number of ether oxygens (including phenoxy) is 3. The molecule has 10 heteroatoms. The monoisotopic (exact) mass is 530 g/mol. The van der Waals surface area contributed by atoms with E-state index in [9.17, 15) is 4.79 Å². The van der Waals surface area contributed by atoms with Crippen molar-refractivity contribution < 1.29 is 23.7 Å². The number of carbonyl (C=O) groups excluding carboxylic acids is 1. The Morgan fingerprint density at radius 2 is 1.87 bits per heavy atom. The summed E-state index contributed by atoms with van der Waals surface area (Å²) in [6.07, 6.45) is 0. The van der Waals surface area contributed by atoms with E-state index < -0.39 is 0 Å². The molecule has 0 bridgehead atoms. The molecule has 1 aliphatic heterocycles. The van der Waals surface area contributed by atoms with Gasteiger partial charge in [0.25, 0.3) is 0 Å². The summed E-state index contributed by atoms with van der Waals surface area (Å²) in [5, 5.41) is 17.0. The first-order chi connectivity index (χ1) is 18.7. The first kappa shape index (κ1) is 26.4. The minimum atomic E-state index is -0.245. The molecule has 0 amide bonds. The van der Waals surface area contributed by atoms with E-state index in [0.29, 0.717) is 36.9 Å². The molecule has 0 aliphatic carbocycles.